The average Bonchev–Trinajstić information content (AvgIpc) is 2.42. The maximum atomic E-state index is 10.2. The van der Waals surface area contributed by atoms with Gasteiger partial charge in [0.25, 0.3) is 0 Å². The summed E-state index contributed by atoms with van der Waals surface area (Å²) in [6.07, 6.45) is 0.807. The molecule has 2 rings (SSSR count). The largest absolute Gasteiger partial charge is 0.508 e. The van der Waals surface area contributed by atoms with E-state index < -0.39 is 0 Å². The first-order valence-corrected chi connectivity index (χ1v) is 8.79. The lowest BCUT2D eigenvalue weighted by atomic mass is 9.86. The summed E-state index contributed by atoms with van der Waals surface area (Å²) in [5.74, 6) is 0.725. The topological polar surface area (TPSA) is 40.5 Å². The van der Waals surface area contributed by atoms with Gasteiger partial charge in [-0.15, -0.1) is 0 Å². The van der Waals surface area contributed by atoms with Gasteiger partial charge in [-0.25, -0.2) is 0 Å². The molecule has 0 bridgehead atoms. The average molecular weight is 330 g/mol. The lowest BCUT2D eigenvalue weighted by molar-refractivity contribution is 0.445. The highest BCUT2D eigenvalue weighted by Gasteiger charge is 2.20. The van der Waals surface area contributed by atoms with E-state index in [-0.39, 0.29) is 5.41 Å². The molecule has 0 aromatic heterocycles. The molecule has 23 heavy (non-hydrogen) atoms. The summed E-state index contributed by atoms with van der Waals surface area (Å²) in [5, 5.41) is 20.2. The third kappa shape index (κ3) is 3.84. The molecule has 0 radical (unpaired) electrons. The van der Waals surface area contributed by atoms with Crippen LogP contribution in [-0.4, -0.2) is 10.2 Å². The first-order chi connectivity index (χ1) is 10.6. The van der Waals surface area contributed by atoms with E-state index >= 15 is 0 Å². The first-order valence-electron chi connectivity index (χ1n) is 7.98. The molecule has 0 aliphatic heterocycles. The van der Waals surface area contributed by atoms with Gasteiger partial charge in [-0.1, -0.05) is 39.5 Å². The molecular formula is C20H26O2S. The predicted octanol–water partition coefficient (Wildman–Crippen LogP) is 5.73. The van der Waals surface area contributed by atoms with Crippen LogP contribution >= 0.6 is 11.8 Å². The van der Waals surface area contributed by atoms with Crippen LogP contribution in [0.15, 0.2) is 34.1 Å². The van der Waals surface area contributed by atoms with Crippen LogP contribution < -0.4 is 0 Å². The van der Waals surface area contributed by atoms with Crippen LogP contribution in [0.5, 0.6) is 11.5 Å². The summed E-state index contributed by atoms with van der Waals surface area (Å²) >= 11 is 1.70. The summed E-state index contributed by atoms with van der Waals surface area (Å²) in [4.78, 5) is 2.29. The molecule has 0 atom stereocenters. The monoisotopic (exact) mass is 330 g/mol. The van der Waals surface area contributed by atoms with Crippen molar-refractivity contribution >= 4 is 11.8 Å². The van der Waals surface area contributed by atoms with Crippen LogP contribution in [0.3, 0.4) is 0 Å². The van der Waals surface area contributed by atoms with Crippen molar-refractivity contribution < 1.29 is 10.2 Å². The van der Waals surface area contributed by atoms with Gasteiger partial charge in [-0.2, -0.15) is 0 Å². The molecular weight excluding hydrogens is 304 g/mol. The predicted molar refractivity (Wildman–Crippen MR) is 97.9 cm³/mol. The Morgan fingerprint density at radius 3 is 1.91 bits per heavy atom. The Kier molecular flexibility index (Phi) is 5.00. The molecule has 0 spiro atoms. The highest BCUT2D eigenvalue weighted by molar-refractivity contribution is 7.99. The second kappa shape index (κ2) is 6.48. The normalized spacial score (nSPS) is 11.7. The van der Waals surface area contributed by atoms with E-state index in [0.717, 1.165) is 38.5 Å². The second-order valence-electron chi connectivity index (χ2n) is 7.09. The first kappa shape index (κ1) is 17.7. The third-order valence-corrected chi connectivity index (χ3v) is 5.40. The fourth-order valence-electron chi connectivity index (χ4n) is 2.61. The lowest BCUT2D eigenvalue weighted by Gasteiger charge is -2.22. The summed E-state index contributed by atoms with van der Waals surface area (Å²) < 4.78 is 0. The third-order valence-electron chi connectivity index (χ3n) is 4.08. The number of benzene rings is 2. The molecule has 2 N–H and O–H groups in total. The number of hydrogen-bond acceptors (Lipinski definition) is 3. The zero-order chi connectivity index (χ0) is 17.4. The smallest absolute Gasteiger partial charge is 0.119 e. The van der Waals surface area contributed by atoms with Crippen LogP contribution in [0.2, 0.25) is 0 Å². The van der Waals surface area contributed by atoms with Gasteiger partial charge in [0.1, 0.15) is 11.5 Å². The van der Waals surface area contributed by atoms with Crippen LogP contribution in [0.4, 0.5) is 0 Å². The molecule has 0 heterocycles. The number of rotatable bonds is 3. The zero-order valence-electron chi connectivity index (χ0n) is 14.8. The maximum Gasteiger partial charge on any atom is 0.119 e. The maximum absolute atomic E-state index is 10.2. The molecule has 2 aromatic carbocycles. The van der Waals surface area contributed by atoms with Gasteiger partial charge in [-0.05, 0) is 66.6 Å². The molecule has 3 heteroatoms. The molecule has 0 amide bonds. The molecule has 124 valence electrons. The van der Waals surface area contributed by atoms with E-state index in [1.807, 2.05) is 32.9 Å². The van der Waals surface area contributed by atoms with Gasteiger partial charge in [0.2, 0.25) is 0 Å². The van der Waals surface area contributed by atoms with Crippen LogP contribution in [0.1, 0.15) is 49.9 Å². The highest BCUT2D eigenvalue weighted by atomic mass is 32.2. The van der Waals surface area contributed by atoms with Crippen molar-refractivity contribution in [3.63, 3.8) is 0 Å². The Morgan fingerprint density at radius 1 is 0.870 bits per heavy atom. The lowest BCUT2D eigenvalue weighted by Crippen LogP contribution is -2.11. The highest BCUT2D eigenvalue weighted by Crippen LogP contribution is 2.40. The Labute approximate surface area is 143 Å². The van der Waals surface area contributed by atoms with Gasteiger partial charge in [-0.3, -0.25) is 0 Å². The summed E-state index contributed by atoms with van der Waals surface area (Å²) in [6, 6.07) is 7.84. The van der Waals surface area contributed by atoms with Gasteiger partial charge >= 0.3 is 0 Å². The molecule has 0 saturated carbocycles. The minimum atomic E-state index is -0.105. The van der Waals surface area contributed by atoms with E-state index in [0.29, 0.717) is 11.5 Å². The Balaban J connectivity index is 2.49. The van der Waals surface area contributed by atoms with Gasteiger partial charge in [0, 0.05) is 15.4 Å². The van der Waals surface area contributed by atoms with Crippen molar-refractivity contribution in [3.05, 3.63) is 46.5 Å². The SMILES string of the molecule is CCc1cc(Sc2cc(C(C)(C)C)c(O)cc2C)c(C)cc1O. The van der Waals surface area contributed by atoms with Crippen molar-refractivity contribution in [3.8, 4) is 11.5 Å². The van der Waals surface area contributed by atoms with Crippen LogP contribution in [-0.2, 0) is 11.8 Å². The number of aromatic hydroxyl groups is 2. The Bertz CT molecular complexity index is 727. The number of phenolic OH excluding ortho intramolecular Hbond substituents is 2. The molecule has 0 aliphatic carbocycles. The van der Waals surface area contributed by atoms with Gasteiger partial charge in [0.05, 0.1) is 0 Å². The fourth-order valence-corrected chi connectivity index (χ4v) is 3.66. The minimum Gasteiger partial charge on any atom is -0.508 e. The number of phenols is 2. The van der Waals surface area contributed by atoms with Gasteiger partial charge in [0.15, 0.2) is 0 Å². The molecule has 0 aliphatic rings. The van der Waals surface area contributed by atoms with E-state index in [1.54, 1.807) is 11.8 Å². The zero-order valence-corrected chi connectivity index (χ0v) is 15.6. The molecule has 2 nitrogen and oxygen atoms in total. The fraction of sp³-hybridized carbons (Fsp3) is 0.400. The molecule has 0 saturated heterocycles. The quantitative estimate of drug-likeness (QED) is 0.755. The Hall–Kier alpha value is -1.61. The van der Waals surface area contributed by atoms with E-state index in [4.69, 9.17) is 0 Å². The van der Waals surface area contributed by atoms with E-state index in [1.165, 1.54) is 0 Å². The summed E-state index contributed by atoms with van der Waals surface area (Å²) in [7, 11) is 0. The van der Waals surface area contributed by atoms with Crippen LogP contribution in [0, 0.1) is 13.8 Å². The van der Waals surface area contributed by atoms with Crippen molar-refractivity contribution in [2.45, 2.75) is 63.2 Å². The summed E-state index contributed by atoms with van der Waals surface area (Å²) in [6.45, 7) is 12.4. The summed E-state index contributed by atoms with van der Waals surface area (Å²) in [5.41, 5.74) is 3.94. The number of aryl methyl sites for hydroxylation is 3. The second-order valence-corrected chi connectivity index (χ2v) is 8.17. The standard InChI is InChI=1S/C20H26O2S/c1-7-14-10-18(12(2)8-16(14)21)23-19-11-15(20(4,5)6)17(22)9-13(19)3/h8-11,21-22H,7H2,1-6H3. The van der Waals surface area contributed by atoms with Crippen molar-refractivity contribution in [1.29, 1.82) is 0 Å². The van der Waals surface area contributed by atoms with Crippen molar-refractivity contribution in [2.75, 3.05) is 0 Å². The van der Waals surface area contributed by atoms with Crippen molar-refractivity contribution in [1.82, 2.24) is 0 Å². The van der Waals surface area contributed by atoms with E-state index in [2.05, 4.69) is 32.9 Å². The number of hydrogen-bond donors (Lipinski definition) is 2. The Morgan fingerprint density at radius 2 is 1.39 bits per heavy atom. The molecule has 2 aromatic rings. The van der Waals surface area contributed by atoms with Crippen molar-refractivity contribution in [2.24, 2.45) is 0 Å². The molecule has 0 fully saturated rings. The van der Waals surface area contributed by atoms with Crippen LogP contribution in [0.25, 0.3) is 0 Å². The minimum absolute atomic E-state index is 0.105. The van der Waals surface area contributed by atoms with E-state index in [9.17, 15) is 10.2 Å². The van der Waals surface area contributed by atoms with Gasteiger partial charge < -0.3 is 10.2 Å². The molecule has 0 unspecified atom stereocenters.